The first kappa shape index (κ1) is 46.3. The van der Waals surface area contributed by atoms with Crippen LogP contribution in [0.2, 0.25) is 0 Å². The third-order valence-electron chi connectivity index (χ3n) is 12.0. The largest absolute Gasteiger partial charge is 0.633 e. The number of esters is 1. The summed E-state index contributed by atoms with van der Waals surface area (Å²) < 4.78 is 36.2. The average molecular weight is 767 g/mol. The molecule has 3 heterocycles. The van der Waals surface area contributed by atoms with E-state index in [0.29, 0.717) is 0 Å². The van der Waals surface area contributed by atoms with Gasteiger partial charge in [-0.3, -0.25) is 4.79 Å². The molecule has 0 amide bonds. The van der Waals surface area contributed by atoms with Gasteiger partial charge in [-0.25, -0.2) is 0 Å². The van der Waals surface area contributed by atoms with Crippen LogP contribution in [0.25, 0.3) is 0 Å². The third-order valence-corrected chi connectivity index (χ3v) is 12.0. The maximum absolute atomic E-state index is 14.2. The number of likely N-dealkylation sites (N-methyl/N-ethyl adjacent to an activating group) is 1. The average Bonchev–Trinajstić information content (AvgIpc) is 3.05. The van der Waals surface area contributed by atoms with Crippen molar-refractivity contribution in [2.45, 2.75) is 185 Å². The molecule has 0 aromatic carbocycles. The molecule has 3 aliphatic heterocycles. The van der Waals surface area contributed by atoms with Gasteiger partial charge < -0.3 is 69.0 Å². The maximum Gasteiger partial charge on any atom is 0.311 e. The molecular formula is C37H70N2O14. The number of carbonyl (C=O) groups is 1. The number of cyclic esters (lactones) is 1. The molecule has 16 nitrogen and oxygen atoms in total. The molecule has 3 rings (SSSR count). The smallest absolute Gasteiger partial charge is 0.311 e. The molecule has 3 fully saturated rings. The number of carbonyl (C=O) groups excluding carboxylic acids is 1. The van der Waals surface area contributed by atoms with Gasteiger partial charge in [0.2, 0.25) is 0 Å². The van der Waals surface area contributed by atoms with Gasteiger partial charge in [-0.05, 0) is 67.2 Å². The second-order valence-corrected chi connectivity index (χ2v) is 17.3. The Balaban J connectivity index is 2.19. The number of nitrogens with zero attached hydrogens (tertiary/aromatic N) is 2. The number of hydrogen-bond acceptors (Lipinski definition) is 15. The van der Waals surface area contributed by atoms with E-state index in [4.69, 9.17) is 28.4 Å². The van der Waals surface area contributed by atoms with Crippen LogP contribution in [0.5, 0.6) is 0 Å². The highest BCUT2D eigenvalue weighted by molar-refractivity contribution is 5.73. The van der Waals surface area contributed by atoms with Gasteiger partial charge in [0.05, 0.1) is 61.7 Å². The van der Waals surface area contributed by atoms with Gasteiger partial charge in [0.25, 0.3) is 0 Å². The summed E-state index contributed by atoms with van der Waals surface area (Å²) in [7, 11) is 4.33. The number of hydrogen-bond donors (Lipinski definition) is 6. The standard InChI is InChI=1S/C37H70N2O14/c1-14-26-37(10,45)30(41)23(6)38(46)18-19(2)16-35(8,44)32(53-34-28(40)25(39(11,12)47)15-20(3)49-34)21(4)29(22(5)33(43)51-26)52-27-17-36(9,48-13)31(42)24(7)50-27/h19-32,34,40-42,44-46H,14-18H2,1-13H3/t19-,20?,21+,22-,23-,24?,25?,26-,27?,28?,29+,30-,31?,32-,34?,35-,36?,37-/m1/s1. The number of ether oxygens (including phenoxy) is 6. The fourth-order valence-corrected chi connectivity index (χ4v) is 8.59. The van der Waals surface area contributed by atoms with Gasteiger partial charge in [0.15, 0.2) is 18.7 Å². The van der Waals surface area contributed by atoms with Crippen molar-refractivity contribution in [3.8, 4) is 0 Å². The van der Waals surface area contributed by atoms with E-state index in [1.54, 1.807) is 55.4 Å². The number of quaternary nitrogens is 1. The van der Waals surface area contributed by atoms with Crippen LogP contribution in [0.4, 0.5) is 0 Å². The van der Waals surface area contributed by atoms with E-state index in [-0.39, 0.29) is 32.2 Å². The Morgan fingerprint density at radius 2 is 1.57 bits per heavy atom. The van der Waals surface area contributed by atoms with E-state index in [0.717, 1.165) is 5.06 Å². The SMILES string of the molecule is CC[C@H]1OC(=O)[C@H](C)[C@@H](OC2CC(C)(OC)C(O)C(C)O2)[C@H](C)[C@@H](OC2OC(C)CC([N+](C)(C)[O-])C2O)[C@](C)(O)C[C@@H](C)CN(O)[C@H](C)[C@@H](O)[C@]1(C)O. The lowest BCUT2D eigenvalue weighted by atomic mass is 9.77. The van der Waals surface area contributed by atoms with Crippen LogP contribution in [-0.4, -0.2) is 164 Å². The van der Waals surface area contributed by atoms with Gasteiger partial charge in [0, 0.05) is 32.4 Å². The quantitative estimate of drug-likeness (QED) is 0.123. The second-order valence-electron chi connectivity index (χ2n) is 17.3. The molecule has 0 radical (unpaired) electrons. The van der Waals surface area contributed by atoms with Gasteiger partial charge >= 0.3 is 5.97 Å². The molecule has 16 heteroatoms. The Bertz CT molecular complexity index is 1190. The summed E-state index contributed by atoms with van der Waals surface area (Å²) in [6.07, 6.45) is -10.6. The summed E-state index contributed by atoms with van der Waals surface area (Å²) >= 11 is 0. The minimum Gasteiger partial charge on any atom is -0.633 e. The van der Waals surface area contributed by atoms with Crippen LogP contribution < -0.4 is 0 Å². The second kappa shape index (κ2) is 17.6. The summed E-state index contributed by atoms with van der Waals surface area (Å²) in [4.78, 5) is 14.2. The van der Waals surface area contributed by atoms with Crippen LogP contribution >= 0.6 is 0 Å². The minimum absolute atomic E-state index is 0.0111. The fourth-order valence-electron chi connectivity index (χ4n) is 8.59. The highest BCUT2D eigenvalue weighted by atomic mass is 16.7. The van der Waals surface area contributed by atoms with Crippen LogP contribution in [0, 0.1) is 23.0 Å². The lowest BCUT2D eigenvalue weighted by Crippen LogP contribution is -2.62. The molecule has 3 aliphatic rings. The molecule has 0 spiro atoms. The van der Waals surface area contributed by atoms with Crippen molar-refractivity contribution in [3.63, 3.8) is 0 Å². The van der Waals surface area contributed by atoms with Gasteiger partial charge in [-0.2, -0.15) is 5.06 Å². The van der Waals surface area contributed by atoms with Crippen LogP contribution in [0.3, 0.4) is 0 Å². The predicted octanol–water partition coefficient (Wildman–Crippen LogP) is 1.67. The van der Waals surface area contributed by atoms with Crippen LogP contribution in [0.1, 0.15) is 94.9 Å². The molecule has 53 heavy (non-hydrogen) atoms. The molecule has 0 saturated carbocycles. The zero-order valence-corrected chi connectivity index (χ0v) is 34.0. The molecule has 6 N–H and O–H groups in total. The first-order chi connectivity index (χ1) is 24.2. The third kappa shape index (κ3) is 10.5. The van der Waals surface area contributed by atoms with E-state index in [9.17, 15) is 40.7 Å². The molecule has 0 bridgehead atoms. The predicted molar refractivity (Wildman–Crippen MR) is 192 cm³/mol. The van der Waals surface area contributed by atoms with Crippen molar-refractivity contribution in [1.29, 1.82) is 0 Å². The summed E-state index contributed by atoms with van der Waals surface area (Å²) in [6, 6.07) is -1.82. The lowest BCUT2D eigenvalue weighted by Gasteiger charge is -2.51. The van der Waals surface area contributed by atoms with Crippen molar-refractivity contribution in [2.24, 2.45) is 17.8 Å². The Kier molecular flexibility index (Phi) is 15.4. The first-order valence-electron chi connectivity index (χ1n) is 19.1. The molecular weight excluding hydrogens is 696 g/mol. The van der Waals surface area contributed by atoms with Gasteiger partial charge in [-0.15, -0.1) is 0 Å². The topological polar surface area (TPSA) is 220 Å². The number of hydroxylamine groups is 5. The Morgan fingerprint density at radius 3 is 2.11 bits per heavy atom. The summed E-state index contributed by atoms with van der Waals surface area (Å²) in [5, 5.41) is 82.8. The molecule has 8 unspecified atom stereocenters. The maximum atomic E-state index is 14.2. The van der Waals surface area contributed by atoms with Crippen molar-refractivity contribution in [1.82, 2.24) is 5.06 Å². The van der Waals surface area contributed by atoms with E-state index < -0.39 is 119 Å². The number of rotatable bonds is 7. The van der Waals surface area contributed by atoms with E-state index >= 15 is 0 Å². The van der Waals surface area contributed by atoms with Gasteiger partial charge in [0.1, 0.15) is 30.0 Å². The highest BCUT2D eigenvalue weighted by Crippen LogP contribution is 2.40. The van der Waals surface area contributed by atoms with E-state index in [1.807, 2.05) is 0 Å². The van der Waals surface area contributed by atoms with Crippen LogP contribution in [0.15, 0.2) is 0 Å². The fraction of sp³-hybridized carbons (Fsp3) is 0.973. The zero-order chi connectivity index (χ0) is 40.6. The summed E-state index contributed by atoms with van der Waals surface area (Å²) in [5.41, 5.74) is -4.81. The van der Waals surface area contributed by atoms with Crippen LogP contribution in [-0.2, 0) is 33.2 Å². The Hall–Kier alpha value is -1.09. The molecule has 312 valence electrons. The Morgan fingerprint density at radius 1 is 0.962 bits per heavy atom. The lowest BCUT2D eigenvalue weighted by molar-refractivity contribution is -0.874. The normalized spacial score (nSPS) is 49.1. The number of methoxy groups -OCH3 is 1. The zero-order valence-electron chi connectivity index (χ0n) is 34.0. The number of aliphatic hydroxyl groups excluding tert-OH is 3. The first-order valence-corrected chi connectivity index (χ1v) is 19.1. The molecule has 0 aliphatic carbocycles. The van der Waals surface area contributed by atoms with Crippen molar-refractivity contribution < 1.29 is 68.6 Å². The monoisotopic (exact) mass is 766 g/mol. The molecule has 18 atom stereocenters. The Labute approximate surface area is 315 Å². The number of aliphatic hydroxyl groups is 5. The molecule has 0 aromatic rings. The van der Waals surface area contributed by atoms with Crippen molar-refractivity contribution in [2.75, 3.05) is 27.7 Å². The summed E-state index contributed by atoms with van der Waals surface area (Å²) in [5.74, 6) is -3.23. The van der Waals surface area contributed by atoms with E-state index in [1.165, 1.54) is 35.1 Å². The highest BCUT2D eigenvalue weighted by Gasteiger charge is 2.53. The van der Waals surface area contributed by atoms with Crippen molar-refractivity contribution in [3.05, 3.63) is 5.21 Å². The minimum atomic E-state index is -1.99. The van der Waals surface area contributed by atoms with Crippen molar-refractivity contribution >= 4 is 5.97 Å². The van der Waals surface area contributed by atoms with E-state index in [2.05, 4.69) is 0 Å². The summed E-state index contributed by atoms with van der Waals surface area (Å²) in [6.45, 7) is 16.3. The molecule has 3 saturated heterocycles. The molecule has 0 aromatic heterocycles. The van der Waals surface area contributed by atoms with Gasteiger partial charge in [-0.1, -0.05) is 20.8 Å².